The second-order valence-electron chi connectivity index (χ2n) is 7.27. The summed E-state index contributed by atoms with van der Waals surface area (Å²) < 4.78 is 0. The van der Waals surface area contributed by atoms with Crippen molar-refractivity contribution in [1.29, 1.82) is 0 Å². The van der Waals surface area contributed by atoms with E-state index in [2.05, 4.69) is 5.32 Å². The molecule has 1 amide bonds. The van der Waals surface area contributed by atoms with Gasteiger partial charge in [0.05, 0.1) is 18.5 Å². The maximum absolute atomic E-state index is 12.9. The highest BCUT2D eigenvalue weighted by atomic mass is 16.2. The van der Waals surface area contributed by atoms with Crippen LogP contribution in [-0.4, -0.2) is 35.8 Å². The Morgan fingerprint density at radius 2 is 1.67 bits per heavy atom. The highest BCUT2D eigenvalue weighted by Gasteiger charge is 2.28. The second kappa shape index (κ2) is 11.4. The number of carbonyl (C=O) groups excluding carboxylic acids is 4. The first-order chi connectivity index (χ1) is 12.7. The molecule has 0 saturated carbocycles. The Kier molecular flexibility index (Phi) is 9.58. The van der Waals surface area contributed by atoms with E-state index in [0.717, 1.165) is 0 Å². The van der Waals surface area contributed by atoms with Gasteiger partial charge in [-0.1, -0.05) is 44.2 Å². The lowest BCUT2D eigenvalue weighted by Crippen LogP contribution is -2.44. The topological polar surface area (TPSA) is 106 Å². The van der Waals surface area contributed by atoms with E-state index in [0.29, 0.717) is 12.0 Å². The fourth-order valence-electron chi connectivity index (χ4n) is 2.85. The van der Waals surface area contributed by atoms with Gasteiger partial charge in [-0.2, -0.15) is 0 Å². The molecule has 0 radical (unpaired) electrons. The van der Waals surface area contributed by atoms with Crippen molar-refractivity contribution in [3.63, 3.8) is 0 Å². The number of Topliss-reactive ketones (excluding diaryl/α,β-unsaturated/α-hetero) is 3. The lowest BCUT2D eigenvalue weighted by molar-refractivity contribution is -0.131. The molecule has 0 spiro atoms. The van der Waals surface area contributed by atoms with Crippen LogP contribution in [0.5, 0.6) is 0 Å². The minimum Gasteiger partial charge on any atom is -0.346 e. The van der Waals surface area contributed by atoms with Crippen LogP contribution in [0.3, 0.4) is 0 Å². The van der Waals surface area contributed by atoms with Crippen LogP contribution in [0.4, 0.5) is 0 Å². The molecule has 0 fully saturated rings. The predicted molar refractivity (Wildman–Crippen MR) is 104 cm³/mol. The Labute approximate surface area is 160 Å². The smallest absolute Gasteiger partial charge is 0.228 e. The minimum atomic E-state index is -0.697. The number of nitrogens with two attached hydrogens (primary N) is 1. The molecule has 0 aliphatic rings. The first-order valence-corrected chi connectivity index (χ1v) is 9.33. The number of benzene rings is 1. The third-order valence-corrected chi connectivity index (χ3v) is 4.31. The molecule has 6 heteroatoms. The molecular weight excluding hydrogens is 344 g/mol. The summed E-state index contributed by atoms with van der Waals surface area (Å²) in [4.78, 5) is 48.4. The standard InChI is InChI=1S/C21H30N2O4/c1-14(2)11-19(20(26)10-9-15(3)24)23-21(27)18(12-17(25)13-22)16-7-5-4-6-8-16/h4-8,14,18-19H,9-13,22H2,1-3H3,(H,23,27). The number of amides is 1. The molecule has 0 saturated heterocycles. The quantitative estimate of drug-likeness (QED) is 0.583. The van der Waals surface area contributed by atoms with Crippen LogP contribution in [-0.2, 0) is 19.2 Å². The van der Waals surface area contributed by atoms with Crippen molar-refractivity contribution in [3.05, 3.63) is 35.9 Å². The zero-order valence-electron chi connectivity index (χ0n) is 16.4. The predicted octanol–water partition coefficient (Wildman–Crippen LogP) is 2.16. The van der Waals surface area contributed by atoms with Crippen LogP contribution in [0.15, 0.2) is 30.3 Å². The zero-order valence-corrected chi connectivity index (χ0v) is 16.4. The van der Waals surface area contributed by atoms with Crippen LogP contribution in [0.2, 0.25) is 0 Å². The summed E-state index contributed by atoms with van der Waals surface area (Å²) in [6, 6.07) is 8.32. The monoisotopic (exact) mass is 374 g/mol. The Hall–Kier alpha value is -2.34. The van der Waals surface area contributed by atoms with Crippen LogP contribution < -0.4 is 11.1 Å². The normalized spacial score (nSPS) is 13.1. The number of rotatable bonds is 12. The van der Waals surface area contributed by atoms with Crippen molar-refractivity contribution in [2.75, 3.05) is 6.54 Å². The van der Waals surface area contributed by atoms with Crippen LogP contribution in [0.1, 0.15) is 57.9 Å². The van der Waals surface area contributed by atoms with Gasteiger partial charge in [-0.3, -0.25) is 14.4 Å². The summed E-state index contributed by atoms with van der Waals surface area (Å²) in [5.41, 5.74) is 6.12. The number of ketones is 3. The van der Waals surface area contributed by atoms with Crippen molar-refractivity contribution < 1.29 is 19.2 Å². The first kappa shape index (κ1) is 22.7. The summed E-state index contributed by atoms with van der Waals surface area (Å²) in [5, 5.41) is 2.81. The SMILES string of the molecule is CC(=O)CCC(=O)C(CC(C)C)NC(=O)C(CC(=O)CN)c1ccccc1. The molecule has 148 valence electrons. The van der Waals surface area contributed by atoms with Gasteiger partial charge in [0, 0.05) is 19.3 Å². The Morgan fingerprint density at radius 1 is 1.04 bits per heavy atom. The van der Waals surface area contributed by atoms with E-state index in [1.165, 1.54) is 6.92 Å². The van der Waals surface area contributed by atoms with Crippen molar-refractivity contribution in [2.24, 2.45) is 11.7 Å². The maximum Gasteiger partial charge on any atom is 0.228 e. The fourth-order valence-corrected chi connectivity index (χ4v) is 2.85. The van der Waals surface area contributed by atoms with Gasteiger partial charge in [0.15, 0.2) is 5.78 Å². The molecule has 2 unspecified atom stereocenters. The van der Waals surface area contributed by atoms with E-state index < -0.39 is 12.0 Å². The molecule has 0 aliphatic heterocycles. The van der Waals surface area contributed by atoms with Crippen LogP contribution in [0, 0.1) is 5.92 Å². The van der Waals surface area contributed by atoms with Crippen LogP contribution >= 0.6 is 0 Å². The number of nitrogens with one attached hydrogen (secondary N) is 1. The first-order valence-electron chi connectivity index (χ1n) is 9.33. The summed E-state index contributed by atoms with van der Waals surface area (Å²) in [5.74, 6) is -1.32. The third-order valence-electron chi connectivity index (χ3n) is 4.31. The van der Waals surface area contributed by atoms with Gasteiger partial charge in [-0.15, -0.1) is 0 Å². The lowest BCUT2D eigenvalue weighted by atomic mass is 9.91. The molecule has 0 aromatic heterocycles. The van der Waals surface area contributed by atoms with E-state index in [1.54, 1.807) is 24.3 Å². The van der Waals surface area contributed by atoms with E-state index in [4.69, 9.17) is 5.73 Å². The highest BCUT2D eigenvalue weighted by molar-refractivity contribution is 5.95. The molecule has 3 N–H and O–H groups in total. The molecular formula is C21H30N2O4. The van der Waals surface area contributed by atoms with E-state index in [-0.39, 0.29) is 55.0 Å². The van der Waals surface area contributed by atoms with Gasteiger partial charge < -0.3 is 15.8 Å². The molecule has 2 atom stereocenters. The summed E-state index contributed by atoms with van der Waals surface area (Å²) in [6.07, 6.45) is 0.735. The largest absolute Gasteiger partial charge is 0.346 e. The summed E-state index contributed by atoms with van der Waals surface area (Å²) in [6.45, 7) is 5.23. The number of hydrogen-bond donors (Lipinski definition) is 2. The molecule has 1 aromatic rings. The van der Waals surface area contributed by atoms with E-state index in [9.17, 15) is 19.2 Å². The lowest BCUT2D eigenvalue weighted by Gasteiger charge is -2.23. The fraction of sp³-hybridized carbons (Fsp3) is 0.524. The number of carbonyl (C=O) groups is 4. The Bertz CT molecular complexity index is 655. The van der Waals surface area contributed by atoms with E-state index in [1.807, 2.05) is 19.9 Å². The molecule has 27 heavy (non-hydrogen) atoms. The average molecular weight is 374 g/mol. The molecule has 0 heterocycles. The van der Waals surface area contributed by atoms with E-state index >= 15 is 0 Å². The van der Waals surface area contributed by atoms with Gasteiger partial charge in [0.25, 0.3) is 0 Å². The number of hydrogen-bond acceptors (Lipinski definition) is 5. The zero-order chi connectivity index (χ0) is 20.4. The average Bonchev–Trinajstić information content (AvgIpc) is 2.63. The highest BCUT2D eigenvalue weighted by Crippen LogP contribution is 2.21. The van der Waals surface area contributed by atoms with Gasteiger partial charge in [-0.25, -0.2) is 0 Å². The van der Waals surface area contributed by atoms with Crippen LogP contribution in [0.25, 0.3) is 0 Å². The Balaban J connectivity index is 2.97. The van der Waals surface area contributed by atoms with Crippen molar-refractivity contribution in [1.82, 2.24) is 5.32 Å². The van der Waals surface area contributed by atoms with Gasteiger partial charge in [0.2, 0.25) is 5.91 Å². The summed E-state index contributed by atoms with van der Waals surface area (Å²) >= 11 is 0. The maximum atomic E-state index is 12.9. The molecule has 0 bridgehead atoms. The molecule has 0 aliphatic carbocycles. The van der Waals surface area contributed by atoms with Gasteiger partial charge in [-0.05, 0) is 24.8 Å². The molecule has 6 nitrogen and oxygen atoms in total. The van der Waals surface area contributed by atoms with Gasteiger partial charge in [0.1, 0.15) is 11.6 Å². The van der Waals surface area contributed by atoms with Crippen molar-refractivity contribution in [2.45, 2.75) is 58.4 Å². The molecule has 1 aromatic carbocycles. The van der Waals surface area contributed by atoms with Crippen molar-refractivity contribution in [3.8, 4) is 0 Å². The van der Waals surface area contributed by atoms with Crippen molar-refractivity contribution >= 4 is 23.3 Å². The Morgan fingerprint density at radius 3 is 2.19 bits per heavy atom. The minimum absolute atomic E-state index is 0.0115. The van der Waals surface area contributed by atoms with Gasteiger partial charge >= 0.3 is 0 Å². The summed E-state index contributed by atoms with van der Waals surface area (Å²) in [7, 11) is 0. The second-order valence-corrected chi connectivity index (χ2v) is 7.27. The molecule has 1 rings (SSSR count). The third kappa shape index (κ3) is 8.26.